The summed E-state index contributed by atoms with van der Waals surface area (Å²) in [6.45, 7) is 7.54. The molecule has 1 aliphatic heterocycles. The molecule has 1 rings (SSSR count). The lowest BCUT2D eigenvalue weighted by atomic mass is 10.1. The molecule has 0 saturated carbocycles. The maximum atomic E-state index is 11.8. The summed E-state index contributed by atoms with van der Waals surface area (Å²) in [7, 11) is 1.70. The molecule has 0 aromatic carbocycles. The van der Waals surface area contributed by atoms with Crippen LogP contribution in [0.4, 0.5) is 0 Å². The zero-order valence-electron chi connectivity index (χ0n) is 15.9. The van der Waals surface area contributed by atoms with Crippen molar-refractivity contribution in [2.75, 3.05) is 20.2 Å². The molecule has 0 spiro atoms. The van der Waals surface area contributed by atoms with E-state index in [1.165, 1.54) is 44.9 Å². The molecule has 1 N–H and O–H groups in total. The number of carbonyl (C=O) groups excluding carboxylic acids is 1. The molecule has 0 aromatic rings. The van der Waals surface area contributed by atoms with Crippen LogP contribution >= 0.6 is 0 Å². The van der Waals surface area contributed by atoms with Gasteiger partial charge in [0.15, 0.2) is 0 Å². The van der Waals surface area contributed by atoms with E-state index in [0.717, 1.165) is 19.4 Å². The average molecular weight is 330 g/mol. The standard InChI is InChI=1S/C15H29NO2.C4H10O/c1-2-3-4-5-6-7-8-9-10-15(18)16-12-11-14(17)13-16;1-4(2)5-3/h14,17H,2-13H2,1H3;4H,1-3H3. The van der Waals surface area contributed by atoms with Crippen LogP contribution in [0.25, 0.3) is 0 Å². The van der Waals surface area contributed by atoms with Gasteiger partial charge in [0, 0.05) is 26.6 Å². The molecule has 23 heavy (non-hydrogen) atoms. The number of rotatable bonds is 10. The van der Waals surface area contributed by atoms with E-state index < -0.39 is 0 Å². The Morgan fingerprint density at radius 2 is 1.65 bits per heavy atom. The van der Waals surface area contributed by atoms with E-state index in [4.69, 9.17) is 4.74 Å². The van der Waals surface area contributed by atoms with Gasteiger partial charge in [0.2, 0.25) is 5.91 Å². The van der Waals surface area contributed by atoms with E-state index in [-0.39, 0.29) is 12.0 Å². The fraction of sp³-hybridized carbons (Fsp3) is 0.947. The minimum Gasteiger partial charge on any atom is -0.391 e. The summed E-state index contributed by atoms with van der Waals surface area (Å²) < 4.78 is 4.75. The number of nitrogens with zero attached hydrogens (tertiary/aromatic N) is 1. The van der Waals surface area contributed by atoms with Crippen LogP contribution in [-0.2, 0) is 9.53 Å². The second-order valence-electron chi connectivity index (χ2n) is 6.79. The molecule has 0 radical (unpaired) electrons. The van der Waals surface area contributed by atoms with Crippen LogP contribution in [-0.4, -0.2) is 48.3 Å². The van der Waals surface area contributed by atoms with Gasteiger partial charge in [0.1, 0.15) is 0 Å². The molecule has 1 fully saturated rings. The van der Waals surface area contributed by atoms with E-state index in [0.29, 0.717) is 19.1 Å². The number of carbonyl (C=O) groups is 1. The van der Waals surface area contributed by atoms with Gasteiger partial charge >= 0.3 is 0 Å². The number of unbranched alkanes of at least 4 members (excludes halogenated alkanes) is 7. The normalized spacial score (nSPS) is 17.3. The Kier molecular flexibility index (Phi) is 14.6. The number of hydrogen-bond donors (Lipinski definition) is 1. The van der Waals surface area contributed by atoms with E-state index in [1.807, 2.05) is 18.7 Å². The molecule has 1 saturated heterocycles. The van der Waals surface area contributed by atoms with Crippen molar-refractivity contribution >= 4 is 5.91 Å². The number of aliphatic hydroxyl groups excluding tert-OH is 1. The minimum absolute atomic E-state index is 0.234. The van der Waals surface area contributed by atoms with Crippen molar-refractivity contribution in [2.24, 2.45) is 0 Å². The van der Waals surface area contributed by atoms with Crippen LogP contribution in [0.2, 0.25) is 0 Å². The van der Waals surface area contributed by atoms with Crippen LogP contribution < -0.4 is 0 Å². The topological polar surface area (TPSA) is 49.8 Å². The van der Waals surface area contributed by atoms with Crippen molar-refractivity contribution in [3.63, 3.8) is 0 Å². The van der Waals surface area contributed by atoms with Gasteiger partial charge in [-0.1, -0.05) is 51.9 Å². The summed E-state index contributed by atoms with van der Waals surface area (Å²) in [5.74, 6) is 0.234. The monoisotopic (exact) mass is 329 g/mol. The van der Waals surface area contributed by atoms with Gasteiger partial charge in [-0.05, 0) is 26.7 Å². The van der Waals surface area contributed by atoms with Crippen LogP contribution in [0.15, 0.2) is 0 Å². The van der Waals surface area contributed by atoms with Gasteiger partial charge in [0.05, 0.1) is 12.2 Å². The third-order valence-corrected chi connectivity index (χ3v) is 4.23. The van der Waals surface area contributed by atoms with Crippen molar-refractivity contribution in [1.29, 1.82) is 0 Å². The molecule has 1 unspecified atom stereocenters. The van der Waals surface area contributed by atoms with Gasteiger partial charge in [0.25, 0.3) is 0 Å². The molecule has 1 amide bonds. The van der Waals surface area contributed by atoms with E-state index in [2.05, 4.69) is 6.92 Å². The first-order chi connectivity index (χ1) is 11.0. The molecule has 1 atom stereocenters. The number of amides is 1. The average Bonchev–Trinajstić information content (AvgIpc) is 2.97. The molecule has 1 aliphatic rings. The molecule has 1 heterocycles. The van der Waals surface area contributed by atoms with E-state index >= 15 is 0 Å². The van der Waals surface area contributed by atoms with Crippen LogP contribution in [0.5, 0.6) is 0 Å². The first-order valence-corrected chi connectivity index (χ1v) is 9.49. The van der Waals surface area contributed by atoms with Crippen molar-refractivity contribution in [1.82, 2.24) is 4.90 Å². The summed E-state index contributed by atoms with van der Waals surface area (Å²) in [6, 6.07) is 0. The second-order valence-corrected chi connectivity index (χ2v) is 6.79. The highest BCUT2D eigenvalue weighted by molar-refractivity contribution is 5.76. The number of likely N-dealkylation sites (tertiary alicyclic amines) is 1. The Hall–Kier alpha value is -0.610. The summed E-state index contributed by atoms with van der Waals surface area (Å²) in [5, 5.41) is 9.37. The highest BCUT2D eigenvalue weighted by Gasteiger charge is 2.23. The maximum absolute atomic E-state index is 11.8. The molecule has 4 heteroatoms. The van der Waals surface area contributed by atoms with E-state index in [9.17, 15) is 9.90 Å². The van der Waals surface area contributed by atoms with Gasteiger partial charge in [-0.25, -0.2) is 0 Å². The molecule has 0 aromatic heterocycles. The van der Waals surface area contributed by atoms with Gasteiger partial charge in [-0.3, -0.25) is 4.79 Å². The number of methoxy groups -OCH3 is 1. The minimum atomic E-state index is -0.285. The number of β-amino-alcohol motifs (C(OH)–C–C–N with tert-alkyl or cyclic N) is 1. The fourth-order valence-corrected chi connectivity index (χ4v) is 2.54. The Labute approximate surface area is 143 Å². The van der Waals surface area contributed by atoms with Gasteiger partial charge in [-0.2, -0.15) is 0 Å². The van der Waals surface area contributed by atoms with Crippen molar-refractivity contribution in [2.45, 2.75) is 97.2 Å². The largest absolute Gasteiger partial charge is 0.391 e. The fourth-order valence-electron chi connectivity index (χ4n) is 2.54. The lowest BCUT2D eigenvalue weighted by molar-refractivity contribution is -0.130. The Morgan fingerprint density at radius 3 is 2.09 bits per heavy atom. The summed E-state index contributed by atoms with van der Waals surface area (Å²) in [5.41, 5.74) is 0. The first kappa shape index (κ1) is 22.4. The van der Waals surface area contributed by atoms with Gasteiger partial charge in [-0.15, -0.1) is 0 Å². The third kappa shape index (κ3) is 13.5. The first-order valence-electron chi connectivity index (χ1n) is 9.49. The number of aliphatic hydroxyl groups is 1. The zero-order chi connectivity index (χ0) is 17.5. The van der Waals surface area contributed by atoms with Crippen molar-refractivity contribution < 1.29 is 14.6 Å². The van der Waals surface area contributed by atoms with Crippen LogP contribution in [0.3, 0.4) is 0 Å². The molecule has 0 aliphatic carbocycles. The van der Waals surface area contributed by atoms with Crippen LogP contribution in [0.1, 0.15) is 85.0 Å². The lowest BCUT2D eigenvalue weighted by Gasteiger charge is -2.15. The Bertz CT molecular complexity index is 282. The Morgan fingerprint density at radius 1 is 1.13 bits per heavy atom. The molecule has 138 valence electrons. The van der Waals surface area contributed by atoms with E-state index in [1.54, 1.807) is 7.11 Å². The highest BCUT2D eigenvalue weighted by atomic mass is 16.5. The lowest BCUT2D eigenvalue weighted by Crippen LogP contribution is -2.29. The second kappa shape index (κ2) is 14.9. The van der Waals surface area contributed by atoms with Crippen LogP contribution in [0, 0.1) is 0 Å². The third-order valence-electron chi connectivity index (χ3n) is 4.23. The summed E-state index contributed by atoms with van der Waals surface area (Å²) in [4.78, 5) is 13.6. The van der Waals surface area contributed by atoms with Gasteiger partial charge < -0.3 is 14.7 Å². The summed E-state index contributed by atoms with van der Waals surface area (Å²) >= 11 is 0. The molecule has 4 nitrogen and oxygen atoms in total. The predicted molar refractivity (Wildman–Crippen MR) is 96.6 cm³/mol. The van der Waals surface area contributed by atoms with Crippen molar-refractivity contribution in [3.8, 4) is 0 Å². The molecular formula is C19H39NO3. The predicted octanol–water partition coefficient (Wildman–Crippen LogP) is 4.15. The Balaban J connectivity index is 0.000000841. The SMILES string of the molecule is CCCCCCCCCCC(=O)N1CCC(O)C1.COC(C)C. The zero-order valence-corrected chi connectivity index (χ0v) is 15.9. The molecule has 0 bridgehead atoms. The maximum Gasteiger partial charge on any atom is 0.222 e. The quantitative estimate of drug-likeness (QED) is 0.613. The van der Waals surface area contributed by atoms with Crippen molar-refractivity contribution in [3.05, 3.63) is 0 Å². The summed E-state index contributed by atoms with van der Waals surface area (Å²) in [6.07, 6.45) is 11.7. The molecular weight excluding hydrogens is 290 g/mol. The smallest absolute Gasteiger partial charge is 0.222 e. The number of ether oxygens (including phenoxy) is 1. The highest BCUT2D eigenvalue weighted by Crippen LogP contribution is 2.13. The number of hydrogen-bond acceptors (Lipinski definition) is 3.